The summed E-state index contributed by atoms with van der Waals surface area (Å²) in [4.78, 5) is 12.3. The van der Waals surface area contributed by atoms with Gasteiger partial charge in [0.2, 0.25) is 0 Å². The molecule has 3 heteroatoms. The molecule has 0 saturated heterocycles. The number of benzene rings is 2. The fourth-order valence-corrected chi connectivity index (χ4v) is 2.31. The zero-order valence-corrected chi connectivity index (χ0v) is 14.5. The number of para-hydroxylation sites is 1. The molecule has 0 aliphatic heterocycles. The van der Waals surface area contributed by atoms with Crippen molar-refractivity contribution in [2.75, 3.05) is 5.32 Å². The Morgan fingerprint density at radius 3 is 2.26 bits per heavy atom. The van der Waals surface area contributed by atoms with E-state index < -0.39 is 6.10 Å². The number of hydrogen-bond donors (Lipinski definition) is 1. The number of ether oxygens (including phenoxy) is 1. The van der Waals surface area contributed by atoms with Gasteiger partial charge in [0.1, 0.15) is 5.75 Å². The van der Waals surface area contributed by atoms with Gasteiger partial charge in [-0.25, -0.2) is 0 Å². The molecule has 1 atom stereocenters. The predicted octanol–water partition coefficient (Wildman–Crippen LogP) is 4.70. The first-order valence-electron chi connectivity index (χ1n) is 7.91. The summed E-state index contributed by atoms with van der Waals surface area (Å²) < 4.78 is 5.92. The molecule has 23 heavy (non-hydrogen) atoms. The van der Waals surface area contributed by atoms with Crippen LogP contribution < -0.4 is 10.1 Å². The van der Waals surface area contributed by atoms with Gasteiger partial charge in [0.05, 0.1) is 0 Å². The largest absolute Gasteiger partial charge is 0.481 e. The maximum absolute atomic E-state index is 12.3. The fourth-order valence-electron chi connectivity index (χ4n) is 2.31. The number of carbonyl (C=O) groups is 1. The highest BCUT2D eigenvalue weighted by Gasteiger charge is 2.22. The molecular weight excluding hydrogens is 286 g/mol. The molecule has 2 aromatic rings. The lowest BCUT2D eigenvalue weighted by Gasteiger charge is -2.24. The van der Waals surface area contributed by atoms with Crippen molar-refractivity contribution in [3.63, 3.8) is 0 Å². The van der Waals surface area contributed by atoms with Gasteiger partial charge in [-0.05, 0) is 43.0 Å². The van der Waals surface area contributed by atoms with Crippen LogP contribution in [-0.4, -0.2) is 12.0 Å². The zero-order valence-electron chi connectivity index (χ0n) is 14.5. The quantitative estimate of drug-likeness (QED) is 0.889. The summed E-state index contributed by atoms with van der Waals surface area (Å²) in [5, 5.41) is 2.88. The number of hydrogen-bond acceptors (Lipinski definition) is 2. The fraction of sp³-hybridized carbons (Fsp3) is 0.350. The molecule has 0 aliphatic carbocycles. The zero-order chi connectivity index (χ0) is 17.0. The SMILES string of the molecule is Cc1ccc(NC(=O)C(C)Oc2ccccc2C(C)(C)C)cc1. The molecule has 2 rings (SSSR count). The van der Waals surface area contributed by atoms with Gasteiger partial charge in [0.25, 0.3) is 5.91 Å². The highest BCUT2D eigenvalue weighted by atomic mass is 16.5. The van der Waals surface area contributed by atoms with E-state index in [1.807, 2.05) is 55.5 Å². The van der Waals surface area contributed by atoms with Crippen molar-refractivity contribution in [3.05, 3.63) is 59.7 Å². The molecule has 1 unspecified atom stereocenters. The number of nitrogens with one attached hydrogen (secondary N) is 1. The number of amides is 1. The van der Waals surface area contributed by atoms with E-state index in [2.05, 4.69) is 26.1 Å². The predicted molar refractivity (Wildman–Crippen MR) is 95.0 cm³/mol. The van der Waals surface area contributed by atoms with Crippen LogP contribution in [0.5, 0.6) is 5.75 Å². The van der Waals surface area contributed by atoms with Crippen LogP contribution in [0.4, 0.5) is 5.69 Å². The number of rotatable bonds is 4. The van der Waals surface area contributed by atoms with Crippen LogP contribution >= 0.6 is 0 Å². The van der Waals surface area contributed by atoms with E-state index in [1.54, 1.807) is 6.92 Å². The van der Waals surface area contributed by atoms with Crippen LogP contribution in [0.1, 0.15) is 38.8 Å². The Labute approximate surface area is 138 Å². The van der Waals surface area contributed by atoms with Crippen LogP contribution in [0.25, 0.3) is 0 Å². The molecule has 0 fully saturated rings. The molecule has 0 heterocycles. The van der Waals surface area contributed by atoms with E-state index in [4.69, 9.17) is 4.74 Å². The standard InChI is InChI=1S/C20H25NO2/c1-14-10-12-16(13-11-14)21-19(22)15(2)23-18-9-7-6-8-17(18)20(3,4)5/h6-13,15H,1-5H3,(H,21,22). The van der Waals surface area contributed by atoms with Gasteiger partial charge in [-0.3, -0.25) is 4.79 Å². The molecule has 0 spiro atoms. The van der Waals surface area contributed by atoms with Crippen molar-refractivity contribution in [1.29, 1.82) is 0 Å². The monoisotopic (exact) mass is 311 g/mol. The smallest absolute Gasteiger partial charge is 0.265 e. The molecule has 0 aromatic heterocycles. The molecule has 3 nitrogen and oxygen atoms in total. The Morgan fingerprint density at radius 1 is 1.04 bits per heavy atom. The summed E-state index contributed by atoms with van der Waals surface area (Å²) in [6.45, 7) is 10.2. The van der Waals surface area contributed by atoms with Crippen molar-refractivity contribution < 1.29 is 9.53 Å². The van der Waals surface area contributed by atoms with Gasteiger partial charge in [-0.2, -0.15) is 0 Å². The summed E-state index contributed by atoms with van der Waals surface area (Å²) in [7, 11) is 0. The number of anilines is 1. The van der Waals surface area contributed by atoms with Gasteiger partial charge in [-0.1, -0.05) is 56.7 Å². The van der Waals surface area contributed by atoms with Crippen molar-refractivity contribution in [2.45, 2.75) is 46.1 Å². The van der Waals surface area contributed by atoms with Crippen LogP contribution in [0.3, 0.4) is 0 Å². The Morgan fingerprint density at radius 2 is 1.65 bits per heavy atom. The van der Waals surface area contributed by atoms with E-state index in [-0.39, 0.29) is 11.3 Å². The first-order valence-corrected chi connectivity index (χ1v) is 7.91. The normalized spacial score (nSPS) is 12.6. The van der Waals surface area contributed by atoms with Crippen molar-refractivity contribution in [3.8, 4) is 5.75 Å². The van der Waals surface area contributed by atoms with Gasteiger partial charge in [0.15, 0.2) is 6.10 Å². The Kier molecular flexibility index (Phi) is 5.09. The Hall–Kier alpha value is -2.29. The Balaban J connectivity index is 2.08. The second-order valence-corrected chi connectivity index (χ2v) is 6.86. The highest BCUT2D eigenvalue weighted by Crippen LogP contribution is 2.31. The minimum Gasteiger partial charge on any atom is -0.481 e. The van der Waals surface area contributed by atoms with Crippen LogP contribution in [0.15, 0.2) is 48.5 Å². The number of aryl methyl sites for hydroxylation is 1. The third kappa shape index (κ3) is 4.59. The van der Waals surface area contributed by atoms with Crippen molar-refractivity contribution in [2.24, 2.45) is 0 Å². The van der Waals surface area contributed by atoms with Gasteiger partial charge in [-0.15, -0.1) is 0 Å². The lowest BCUT2D eigenvalue weighted by molar-refractivity contribution is -0.122. The second kappa shape index (κ2) is 6.86. The first kappa shape index (κ1) is 17.1. The molecule has 0 saturated carbocycles. The highest BCUT2D eigenvalue weighted by molar-refractivity contribution is 5.94. The van der Waals surface area contributed by atoms with E-state index in [0.717, 1.165) is 22.6 Å². The average Bonchev–Trinajstić information content (AvgIpc) is 2.49. The van der Waals surface area contributed by atoms with Crippen LogP contribution in [0, 0.1) is 6.92 Å². The van der Waals surface area contributed by atoms with Gasteiger partial charge < -0.3 is 10.1 Å². The summed E-state index contributed by atoms with van der Waals surface area (Å²) in [5.74, 6) is 0.601. The van der Waals surface area contributed by atoms with E-state index in [1.165, 1.54) is 0 Å². The third-order valence-electron chi connectivity index (χ3n) is 3.69. The lowest BCUT2D eigenvalue weighted by Crippen LogP contribution is -2.31. The summed E-state index contributed by atoms with van der Waals surface area (Å²) in [5.41, 5.74) is 2.99. The summed E-state index contributed by atoms with van der Waals surface area (Å²) in [6, 6.07) is 15.6. The van der Waals surface area contributed by atoms with E-state index in [9.17, 15) is 4.79 Å². The summed E-state index contributed by atoms with van der Waals surface area (Å²) >= 11 is 0. The van der Waals surface area contributed by atoms with E-state index in [0.29, 0.717) is 0 Å². The van der Waals surface area contributed by atoms with Crippen LogP contribution in [0.2, 0.25) is 0 Å². The molecule has 1 amide bonds. The molecule has 122 valence electrons. The Bertz CT molecular complexity index is 669. The van der Waals surface area contributed by atoms with Gasteiger partial charge >= 0.3 is 0 Å². The third-order valence-corrected chi connectivity index (χ3v) is 3.69. The maximum Gasteiger partial charge on any atom is 0.265 e. The van der Waals surface area contributed by atoms with Crippen LogP contribution in [-0.2, 0) is 10.2 Å². The minimum atomic E-state index is -0.570. The average molecular weight is 311 g/mol. The molecule has 0 bridgehead atoms. The molecular formula is C20H25NO2. The molecule has 0 radical (unpaired) electrons. The molecule has 2 aromatic carbocycles. The number of carbonyl (C=O) groups excluding carboxylic acids is 1. The van der Waals surface area contributed by atoms with Crippen molar-refractivity contribution >= 4 is 11.6 Å². The lowest BCUT2D eigenvalue weighted by atomic mass is 9.86. The van der Waals surface area contributed by atoms with Crippen molar-refractivity contribution in [1.82, 2.24) is 0 Å². The minimum absolute atomic E-state index is 0.0379. The molecule has 0 aliphatic rings. The summed E-state index contributed by atoms with van der Waals surface area (Å²) in [6.07, 6.45) is -0.570. The molecule has 1 N–H and O–H groups in total. The first-order chi connectivity index (χ1) is 10.8. The second-order valence-electron chi connectivity index (χ2n) is 6.86. The van der Waals surface area contributed by atoms with Gasteiger partial charge in [0, 0.05) is 5.69 Å². The maximum atomic E-state index is 12.3. The van der Waals surface area contributed by atoms with E-state index >= 15 is 0 Å². The topological polar surface area (TPSA) is 38.3 Å².